The van der Waals surface area contributed by atoms with Crippen LogP contribution in [0.2, 0.25) is 0 Å². The van der Waals surface area contributed by atoms with Crippen LogP contribution in [0.1, 0.15) is 57.1 Å². The van der Waals surface area contributed by atoms with Crippen LogP contribution < -0.4 is 84.8 Å². The minimum absolute atomic E-state index is 0. The SMILES string of the molecule is CCOC(=O)C1(C)C(=O)Nc2nc(-c3nn(Cc4ccccc4F)c(=O)[nH]3)nc(N)c21.N=C(N)c1nn(Cc2ccccc2F)c(=O)[nH]1.O=CO[O-].[C-]#[N+]C(C#N)C(C)(C(C)=O)C(=O)OCC.[K+]. The summed E-state index contributed by atoms with van der Waals surface area (Å²) in [7, 11) is 0. The van der Waals surface area contributed by atoms with Crippen LogP contribution in [0.15, 0.2) is 58.1 Å². The van der Waals surface area contributed by atoms with Gasteiger partial charge in [0, 0.05) is 11.1 Å². The molecule has 28 heteroatoms. The van der Waals surface area contributed by atoms with Gasteiger partial charge in [0.05, 0.1) is 31.9 Å². The van der Waals surface area contributed by atoms with E-state index in [0.717, 1.165) is 9.36 Å². The molecule has 0 aliphatic carbocycles. The van der Waals surface area contributed by atoms with Crippen molar-refractivity contribution in [2.24, 2.45) is 11.1 Å². The molecule has 0 saturated carbocycles. The molecule has 3 unspecified atom stereocenters. The van der Waals surface area contributed by atoms with Crippen molar-refractivity contribution >= 4 is 47.6 Å². The fourth-order valence-corrected chi connectivity index (χ4v) is 5.73. The first kappa shape index (κ1) is 56.8. The van der Waals surface area contributed by atoms with E-state index in [0.29, 0.717) is 5.56 Å². The van der Waals surface area contributed by atoms with E-state index in [2.05, 4.69) is 45.2 Å². The van der Waals surface area contributed by atoms with E-state index in [4.69, 9.17) is 48.2 Å². The number of amidine groups is 1. The van der Waals surface area contributed by atoms with E-state index in [1.165, 1.54) is 45.0 Å². The molecule has 0 saturated heterocycles. The summed E-state index contributed by atoms with van der Waals surface area (Å²) in [5, 5.41) is 34.6. The minimum atomic E-state index is -1.70. The molecule has 0 fully saturated rings. The van der Waals surface area contributed by atoms with E-state index in [9.17, 15) is 37.5 Å². The van der Waals surface area contributed by atoms with E-state index >= 15 is 0 Å². The van der Waals surface area contributed by atoms with Gasteiger partial charge in [0.1, 0.15) is 23.3 Å². The number of anilines is 2. The number of nitriles is 1. The van der Waals surface area contributed by atoms with Crippen molar-refractivity contribution in [3.8, 4) is 17.7 Å². The van der Waals surface area contributed by atoms with Gasteiger partial charge >= 0.3 is 80.7 Å². The van der Waals surface area contributed by atoms with Crippen LogP contribution in [0.25, 0.3) is 16.5 Å². The zero-order valence-electron chi connectivity index (χ0n) is 37.1. The van der Waals surface area contributed by atoms with Crippen LogP contribution in [0, 0.1) is 40.4 Å². The molecule has 3 atom stereocenters. The molecule has 1 amide bonds. The quantitative estimate of drug-likeness (QED) is 0.00788. The van der Waals surface area contributed by atoms with Gasteiger partial charge in [-0.2, -0.15) is 5.26 Å². The standard InChI is InChI=1S/C19H18FN7O4.C10H10FN5O.C10H12N2O3.CH2O3.K/c1-3-31-17(29)19(2)11-12(21)22-14(23-13(11)24-16(19)28)15-25-18(30)27(26-15)8-9-6-4-5-7-10(9)20;11-7-4-2-1-3-6(7)5-16-10(17)14-9(15-16)8(12)13;1-5-15-9(14)10(3,7(2)13)8(6-11)12-4;2-1-4-3;/h4-7H,3,8H2,1-2H3,(H,25,26,30)(H3,21,22,23,24,28);1-4H,5H2,(H3,12,13)(H,14,15,17);8H,5H2,1-3H3;1,3H;/q;;;;+1/p-1. The number of Topliss-reactive ketones (excluding diaryl/α,β-unsaturated/α-hetero) is 1. The Hall–Kier alpha value is -7.34. The van der Waals surface area contributed by atoms with E-state index in [-0.39, 0.29) is 130 Å². The number of ether oxygens (including phenoxy) is 2. The van der Waals surface area contributed by atoms with Gasteiger partial charge in [-0.05, 0) is 46.8 Å². The number of H-pyrrole nitrogens is 2. The molecule has 352 valence electrons. The molecule has 1 aliphatic rings. The van der Waals surface area contributed by atoms with Crippen LogP contribution in [0.4, 0.5) is 20.4 Å². The summed E-state index contributed by atoms with van der Waals surface area (Å²) in [5.74, 6) is -4.27. The number of amides is 1. The third-order valence-electron chi connectivity index (χ3n) is 9.46. The number of nitrogens with two attached hydrogens (primary N) is 2. The summed E-state index contributed by atoms with van der Waals surface area (Å²) < 4.78 is 39.0. The second-order valence-corrected chi connectivity index (χ2v) is 13.8. The smallest absolute Gasteiger partial charge is 0.662 e. The summed E-state index contributed by atoms with van der Waals surface area (Å²) >= 11 is 0. The van der Waals surface area contributed by atoms with Crippen LogP contribution in [-0.2, 0) is 56.8 Å². The fourth-order valence-electron chi connectivity index (χ4n) is 5.73. The molecule has 25 nitrogen and oxygen atoms in total. The number of aromatic amines is 2. The molecular formula is C40H41F2KN14O11. The van der Waals surface area contributed by atoms with Crippen molar-refractivity contribution in [2.75, 3.05) is 24.3 Å². The molecule has 0 spiro atoms. The number of benzene rings is 2. The number of halogens is 2. The number of nitrogens with one attached hydrogen (secondary N) is 4. The van der Waals surface area contributed by atoms with Gasteiger partial charge < -0.3 is 36.4 Å². The predicted molar refractivity (Wildman–Crippen MR) is 224 cm³/mol. The minimum Gasteiger partial charge on any atom is -0.662 e. The van der Waals surface area contributed by atoms with Gasteiger partial charge in [-0.1, -0.05) is 36.4 Å². The normalized spacial score (nSPS) is 14.2. The Bertz CT molecular complexity index is 2860. The van der Waals surface area contributed by atoms with E-state index < -0.39 is 63.5 Å². The fraction of sp³-hybridized carbons (Fsp3) is 0.300. The molecule has 4 heterocycles. The third-order valence-corrected chi connectivity index (χ3v) is 9.46. The molecular weight excluding hydrogens is 930 g/mol. The topological polar surface area (TPSA) is 379 Å². The average molecular weight is 971 g/mol. The zero-order valence-corrected chi connectivity index (χ0v) is 40.2. The van der Waals surface area contributed by atoms with Crippen LogP contribution in [0.3, 0.4) is 0 Å². The van der Waals surface area contributed by atoms with Gasteiger partial charge in [-0.15, -0.1) is 10.2 Å². The molecule has 5 aromatic rings. The first-order valence-electron chi connectivity index (χ1n) is 19.2. The largest absolute Gasteiger partial charge is 1.00 e. The van der Waals surface area contributed by atoms with Crippen molar-refractivity contribution in [1.29, 1.82) is 10.7 Å². The van der Waals surface area contributed by atoms with Gasteiger partial charge in [-0.25, -0.2) is 44.3 Å². The maximum absolute atomic E-state index is 13.9. The van der Waals surface area contributed by atoms with E-state index in [1.807, 2.05) is 0 Å². The van der Waals surface area contributed by atoms with Crippen molar-refractivity contribution in [3.63, 3.8) is 0 Å². The summed E-state index contributed by atoms with van der Waals surface area (Å²) in [4.78, 5) is 98.8. The number of esters is 2. The molecule has 0 bridgehead atoms. The molecule has 3 aromatic heterocycles. The molecule has 6 rings (SSSR count). The second-order valence-electron chi connectivity index (χ2n) is 13.8. The van der Waals surface area contributed by atoms with Crippen molar-refractivity contribution in [3.05, 3.63) is 115 Å². The van der Waals surface area contributed by atoms with Gasteiger partial charge in [0.25, 0.3) is 6.47 Å². The third kappa shape index (κ3) is 13.2. The predicted octanol–water partition coefficient (Wildman–Crippen LogP) is -2.99. The van der Waals surface area contributed by atoms with Crippen LogP contribution in [-0.4, -0.2) is 94.7 Å². The van der Waals surface area contributed by atoms with Crippen molar-refractivity contribution < 1.29 is 104 Å². The van der Waals surface area contributed by atoms with Crippen LogP contribution >= 0.6 is 0 Å². The zero-order chi connectivity index (χ0) is 50.2. The Balaban J connectivity index is 0.000000364. The maximum atomic E-state index is 13.9. The number of carbonyl (C=O) groups is 5. The monoisotopic (exact) mass is 970 g/mol. The maximum Gasteiger partial charge on any atom is 1.00 e. The van der Waals surface area contributed by atoms with Crippen LogP contribution in [0.5, 0.6) is 0 Å². The molecule has 2 aromatic carbocycles. The number of hydrogen-bond acceptors (Lipinski definition) is 18. The first-order chi connectivity index (χ1) is 31.7. The molecule has 1 aliphatic heterocycles. The summed E-state index contributed by atoms with van der Waals surface area (Å²) in [6, 6.07) is 12.4. The van der Waals surface area contributed by atoms with E-state index in [1.54, 1.807) is 44.2 Å². The van der Waals surface area contributed by atoms with Gasteiger partial charge in [0.2, 0.25) is 17.1 Å². The number of aromatic nitrogens is 8. The Labute approximate surface area is 425 Å². The Morgan fingerprint density at radius 1 is 1.00 bits per heavy atom. The Morgan fingerprint density at radius 3 is 1.96 bits per heavy atom. The number of fused-ring (bicyclic) bond motifs is 1. The van der Waals surface area contributed by atoms with Crippen molar-refractivity contribution in [1.82, 2.24) is 39.5 Å². The average Bonchev–Trinajstić information content (AvgIpc) is 3.94. The first-order valence-corrected chi connectivity index (χ1v) is 19.2. The van der Waals surface area contributed by atoms with Gasteiger partial charge in [-0.3, -0.25) is 44.2 Å². The Morgan fingerprint density at radius 2 is 1.51 bits per heavy atom. The summed E-state index contributed by atoms with van der Waals surface area (Å²) in [6.07, 6.45) is 0. The number of nitrogen functional groups attached to an aromatic ring is 2. The molecule has 8 N–H and O–H groups in total. The Kier molecular flexibility index (Phi) is 21.3. The molecule has 0 radical (unpaired) electrons. The molecule has 68 heavy (non-hydrogen) atoms. The number of hydrogen-bond donors (Lipinski definition) is 6. The number of ketones is 1. The number of nitrogens with zero attached hydrogens (tertiary/aromatic N) is 8. The summed E-state index contributed by atoms with van der Waals surface area (Å²) in [5.41, 5.74) is 7.40. The van der Waals surface area contributed by atoms with Crippen molar-refractivity contribution in [2.45, 2.75) is 59.2 Å². The second kappa shape index (κ2) is 25.5. The number of carbonyl (C=O) groups excluding carboxylic acids is 5. The summed E-state index contributed by atoms with van der Waals surface area (Å²) in [6.45, 7) is 13.7. The van der Waals surface area contributed by atoms with Gasteiger partial charge in [0.15, 0.2) is 34.8 Å². The number of rotatable bonds is 13.